The molecule has 0 atom stereocenters. The normalized spacial score (nSPS) is 11.1. The fourth-order valence-electron chi connectivity index (χ4n) is 1.26. The van der Waals surface area contributed by atoms with E-state index in [1.54, 1.807) is 0 Å². The summed E-state index contributed by atoms with van der Waals surface area (Å²) < 4.78 is 7.61. The van der Waals surface area contributed by atoms with Crippen LogP contribution in [0.1, 0.15) is 25.6 Å². The van der Waals surface area contributed by atoms with E-state index in [1.807, 2.05) is 19.6 Å². The summed E-state index contributed by atoms with van der Waals surface area (Å²) >= 11 is 0. The zero-order valence-corrected chi connectivity index (χ0v) is 9.16. The first-order valence-corrected chi connectivity index (χ1v) is 4.98. The van der Waals surface area contributed by atoms with Gasteiger partial charge in [0.25, 0.3) is 0 Å². The molecular weight excluding hydrogens is 178 g/mol. The SMILES string of the molecule is CNCCOCc1cncn1C(C)C. The minimum absolute atomic E-state index is 0.445. The summed E-state index contributed by atoms with van der Waals surface area (Å²) in [5.74, 6) is 0. The van der Waals surface area contributed by atoms with Crippen LogP contribution in [0.4, 0.5) is 0 Å². The van der Waals surface area contributed by atoms with Gasteiger partial charge in [0.05, 0.1) is 31.4 Å². The standard InChI is InChI=1S/C10H19N3O/c1-9(2)13-8-12-6-10(13)7-14-5-4-11-3/h6,8-9,11H,4-5,7H2,1-3H3. The number of likely N-dealkylation sites (N-methyl/N-ethyl adjacent to an activating group) is 1. The minimum Gasteiger partial charge on any atom is -0.374 e. The van der Waals surface area contributed by atoms with Gasteiger partial charge in [-0.1, -0.05) is 0 Å². The summed E-state index contributed by atoms with van der Waals surface area (Å²) in [6.07, 6.45) is 3.71. The largest absolute Gasteiger partial charge is 0.374 e. The Morgan fingerprint density at radius 2 is 2.36 bits per heavy atom. The summed E-state index contributed by atoms with van der Waals surface area (Å²) in [7, 11) is 1.92. The van der Waals surface area contributed by atoms with E-state index in [2.05, 4.69) is 28.7 Å². The molecule has 0 bridgehead atoms. The second kappa shape index (κ2) is 5.78. The van der Waals surface area contributed by atoms with Crippen molar-refractivity contribution in [1.29, 1.82) is 0 Å². The van der Waals surface area contributed by atoms with E-state index in [9.17, 15) is 0 Å². The number of imidazole rings is 1. The van der Waals surface area contributed by atoms with Gasteiger partial charge in [-0.3, -0.25) is 0 Å². The smallest absolute Gasteiger partial charge is 0.0951 e. The molecule has 1 aromatic heterocycles. The third-order valence-corrected chi connectivity index (χ3v) is 2.05. The summed E-state index contributed by atoms with van der Waals surface area (Å²) in [4.78, 5) is 4.11. The fourth-order valence-corrected chi connectivity index (χ4v) is 1.26. The second-order valence-corrected chi connectivity index (χ2v) is 3.54. The molecule has 1 N–H and O–H groups in total. The van der Waals surface area contributed by atoms with Crippen LogP contribution in [0, 0.1) is 0 Å². The molecule has 1 aromatic rings. The van der Waals surface area contributed by atoms with Crippen LogP contribution in [-0.2, 0) is 11.3 Å². The number of nitrogens with zero attached hydrogens (tertiary/aromatic N) is 2. The second-order valence-electron chi connectivity index (χ2n) is 3.54. The number of aromatic nitrogens is 2. The molecule has 0 fully saturated rings. The summed E-state index contributed by atoms with van der Waals surface area (Å²) in [6.45, 7) is 6.53. The van der Waals surface area contributed by atoms with Crippen LogP contribution in [0.2, 0.25) is 0 Å². The van der Waals surface area contributed by atoms with Gasteiger partial charge in [0.1, 0.15) is 0 Å². The maximum Gasteiger partial charge on any atom is 0.0951 e. The number of nitrogens with one attached hydrogen (secondary N) is 1. The Bertz CT molecular complexity index is 258. The highest BCUT2D eigenvalue weighted by atomic mass is 16.5. The van der Waals surface area contributed by atoms with Gasteiger partial charge in [-0.25, -0.2) is 4.98 Å². The molecule has 4 heteroatoms. The molecule has 0 aromatic carbocycles. The van der Waals surface area contributed by atoms with E-state index in [0.29, 0.717) is 12.6 Å². The average molecular weight is 197 g/mol. The van der Waals surface area contributed by atoms with Crippen molar-refractivity contribution < 1.29 is 4.74 Å². The van der Waals surface area contributed by atoms with E-state index in [-0.39, 0.29) is 0 Å². The van der Waals surface area contributed by atoms with E-state index in [4.69, 9.17) is 4.74 Å². The lowest BCUT2D eigenvalue weighted by molar-refractivity contribution is 0.118. The molecule has 0 unspecified atom stereocenters. The van der Waals surface area contributed by atoms with Crippen molar-refractivity contribution in [2.75, 3.05) is 20.2 Å². The lowest BCUT2D eigenvalue weighted by atomic mass is 10.3. The molecule has 14 heavy (non-hydrogen) atoms. The van der Waals surface area contributed by atoms with Crippen molar-refractivity contribution in [2.45, 2.75) is 26.5 Å². The molecule has 0 aliphatic rings. The minimum atomic E-state index is 0.445. The third kappa shape index (κ3) is 3.12. The summed E-state index contributed by atoms with van der Waals surface area (Å²) in [6, 6.07) is 0.445. The summed E-state index contributed by atoms with van der Waals surface area (Å²) in [5.41, 5.74) is 1.14. The molecule has 0 saturated carbocycles. The number of rotatable bonds is 6. The first-order valence-electron chi connectivity index (χ1n) is 4.98. The Labute approximate surface area is 85.3 Å². The highest BCUT2D eigenvalue weighted by Crippen LogP contribution is 2.09. The van der Waals surface area contributed by atoms with Gasteiger partial charge < -0.3 is 14.6 Å². The van der Waals surface area contributed by atoms with Gasteiger partial charge in [-0.05, 0) is 20.9 Å². The first-order chi connectivity index (χ1) is 6.75. The van der Waals surface area contributed by atoms with Crippen molar-refractivity contribution in [2.24, 2.45) is 0 Å². The highest BCUT2D eigenvalue weighted by molar-refractivity contribution is 4.97. The van der Waals surface area contributed by atoms with Crippen LogP contribution in [0.5, 0.6) is 0 Å². The molecule has 80 valence electrons. The average Bonchev–Trinajstić information content (AvgIpc) is 2.60. The fraction of sp³-hybridized carbons (Fsp3) is 0.700. The predicted molar refractivity (Wildman–Crippen MR) is 56.2 cm³/mol. The van der Waals surface area contributed by atoms with Crippen molar-refractivity contribution in [3.05, 3.63) is 18.2 Å². The van der Waals surface area contributed by atoms with Crippen molar-refractivity contribution in [3.8, 4) is 0 Å². The van der Waals surface area contributed by atoms with Crippen LogP contribution >= 0.6 is 0 Å². The Hall–Kier alpha value is -0.870. The Balaban J connectivity index is 2.38. The molecule has 0 spiro atoms. The van der Waals surface area contributed by atoms with Gasteiger partial charge in [0.2, 0.25) is 0 Å². The molecule has 0 aliphatic heterocycles. The van der Waals surface area contributed by atoms with Crippen molar-refractivity contribution >= 4 is 0 Å². The lowest BCUT2D eigenvalue weighted by Gasteiger charge is -2.11. The van der Waals surface area contributed by atoms with Gasteiger partial charge in [-0.2, -0.15) is 0 Å². The maximum atomic E-state index is 5.49. The van der Waals surface area contributed by atoms with Gasteiger partial charge in [0, 0.05) is 12.6 Å². The molecule has 1 rings (SSSR count). The number of hydrogen-bond donors (Lipinski definition) is 1. The molecule has 1 heterocycles. The van der Waals surface area contributed by atoms with Crippen LogP contribution < -0.4 is 5.32 Å². The van der Waals surface area contributed by atoms with Crippen LogP contribution in [-0.4, -0.2) is 29.8 Å². The lowest BCUT2D eigenvalue weighted by Crippen LogP contribution is -2.15. The van der Waals surface area contributed by atoms with Crippen LogP contribution in [0.3, 0.4) is 0 Å². The molecule has 4 nitrogen and oxygen atoms in total. The van der Waals surface area contributed by atoms with Gasteiger partial charge in [-0.15, -0.1) is 0 Å². The third-order valence-electron chi connectivity index (χ3n) is 2.05. The highest BCUT2D eigenvalue weighted by Gasteiger charge is 2.04. The van der Waals surface area contributed by atoms with Crippen molar-refractivity contribution in [1.82, 2.24) is 14.9 Å². The zero-order chi connectivity index (χ0) is 10.4. The van der Waals surface area contributed by atoms with E-state index >= 15 is 0 Å². The van der Waals surface area contributed by atoms with E-state index in [0.717, 1.165) is 18.8 Å². The van der Waals surface area contributed by atoms with Crippen LogP contribution in [0.15, 0.2) is 12.5 Å². The monoisotopic (exact) mass is 197 g/mol. The topological polar surface area (TPSA) is 39.1 Å². The zero-order valence-electron chi connectivity index (χ0n) is 9.16. The first kappa shape index (κ1) is 11.2. The van der Waals surface area contributed by atoms with Crippen LogP contribution in [0.25, 0.3) is 0 Å². The molecule has 0 radical (unpaired) electrons. The Kier molecular flexibility index (Phi) is 4.62. The molecule has 0 aliphatic carbocycles. The quantitative estimate of drug-likeness (QED) is 0.696. The predicted octanol–water partition coefficient (Wildman–Crippen LogP) is 1.20. The Morgan fingerprint density at radius 3 is 3.00 bits per heavy atom. The van der Waals surface area contributed by atoms with Gasteiger partial charge >= 0.3 is 0 Å². The van der Waals surface area contributed by atoms with E-state index < -0.39 is 0 Å². The molecule has 0 saturated heterocycles. The number of hydrogen-bond acceptors (Lipinski definition) is 3. The van der Waals surface area contributed by atoms with Crippen molar-refractivity contribution in [3.63, 3.8) is 0 Å². The Morgan fingerprint density at radius 1 is 1.57 bits per heavy atom. The molecule has 0 amide bonds. The number of ether oxygens (including phenoxy) is 1. The summed E-state index contributed by atoms with van der Waals surface area (Å²) in [5, 5.41) is 3.04. The molecular formula is C10H19N3O. The van der Waals surface area contributed by atoms with Gasteiger partial charge in [0.15, 0.2) is 0 Å². The maximum absolute atomic E-state index is 5.49. The van der Waals surface area contributed by atoms with E-state index in [1.165, 1.54) is 0 Å².